The largest absolute Gasteiger partial charge is 0.242 e. The van der Waals surface area contributed by atoms with Gasteiger partial charge in [-0.1, -0.05) is 0 Å². The number of pyridine rings is 1. The Bertz CT molecular complexity index is 505. The Hall–Kier alpha value is -1.32. The van der Waals surface area contributed by atoms with Gasteiger partial charge in [-0.15, -0.1) is 0 Å². The number of aromatic nitrogens is 1. The molecule has 0 radical (unpaired) electrons. The van der Waals surface area contributed by atoms with Crippen LogP contribution in [0.15, 0.2) is 12.1 Å². The summed E-state index contributed by atoms with van der Waals surface area (Å²) in [5.74, 6) is -0.514. The first kappa shape index (κ1) is 14.7. The van der Waals surface area contributed by atoms with Crippen LogP contribution in [0.5, 0.6) is 0 Å². The van der Waals surface area contributed by atoms with Crippen molar-refractivity contribution in [3.63, 3.8) is 0 Å². The molecule has 98 valence electrons. The lowest BCUT2D eigenvalue weighted by molar-refractivity contribution is 0.556. The first-order chi connectivity index (χ1) is 8.25. The summed E-state index contributed by atoms with van der Waals surface area (Å²) in [4.78, 5) is 3.89. The van der Waals surface area contributed by atoms with Gasteiger partial charge in [0.25, 0.3) is 0 Å². The van der Waals surface area contributed by atoms with Crippen LogP contribution in [0.4, 0.5) is 4.39 Å². The summed E-state index contributed by atoms with van der Waals surface area (Å²) in [5, 5.41) is 8.73. The zero-order chi connectivity index (χ0) is 13.9. The third kappa shape index (κ3) is 3.59. The van der Waals surface area contributed by atoms with Crippen LogP contribution in [0.25, 0.3) is 0 Å². The predicted octanol–water partition coefficient (Wildman–Crippen LogP) is 2.21. The van der Waals surface area contributed by atoms with E-state index in [2.05, 4.69) is 9.71 Å². The standard InChI is InChI=1S/C12H16FN3OS/c1-8(16-18(17)12(2,3)4)11-10(13)6-5-9(7-14)15-11/h5-6,8,16H,1-4H3/t8-,18?/m0/s1. The Morgan fingerprint density at radius 2 is 2.11 bits per heavy atom. The summed E-state index contributed by atoms with van der Waals surface area (Å²) in [6.07, 6.45) is 0. The molecule has 0 aliphatic heterocycles. The molecule has 6 heteroatoms. The van der Waals surface area contributed by atoms with E-state index >= 15 is 0 Å². The third-order valence-corrected chi connectivity index (χ3v) is 3.92. The fourth-order valence-electron chi connectivity index (χ4n) is 1.22. The molecular formula is C12H16FN3OS. The topological polar surface area (TPSA) is 65.8 Å². The minimum atomic E-state index is -1.32. The average molecular weight is 269 g/mol. The van der Waals surface area contributed by atoms with E-state index in [1.807, 2.05) is 26.8 Å². The summed E-state index contributed by atoms with van der Waals surface area (Å²) in [7, 11) is -1.32. The molecule has 0 aromatic carbocycles. The Morgan fingerprint density at radius 1 is 1.50 bits per heavy atom. The van der Waals surface area contributed by atoms with E-state index in [1.54, 1.807) is 6.92 Å². The first-order valence-electron chi connectivity index (χ1n) is 5.50. The first-order valence-corrected chi connectivity index (χ1v) is 6.65. The van der Waals surface area contributed by atoms with Gasteiger partial charge in [-0.2, -0.15) is 5.26 Å². The summed E-state index contributed by atoms with van der Waals surface area (Å²) < 4.78 is 27.8. The van der Waals surface area contributed by atoms with Crippen molar-refractivity contribution < 1.29 is 8.60 Å². The summed E-state index contributed by atoms with van der Waals surface area (Å²) in [5.41, 5.74) is 0.244. The molecule has 0 bridgehead atoms. The number of nitriles is 1. The highest BCUT2D eigenvalue weighted by Gasteiger charge is 2.23. The van der Waals surface area contributed by atoms with Gasteiger partial charge in [0, 0.05) is 0 Å². The van der Waals surface area contributed by atoms with Crippen molar-refractivity contribution in [1.82, 2.24) is 9.71 Å². The minimum Gasteiger partial charge on any atom is -0.242 e. The van der Waals surface area contributed by atoms with E-state index in [1.165, 1.54) is 12.1 Å². The fourth-order valence-corrected chi connectivity index (χ4v) is 2.00. The number of halogens is 1. The van der Waals surface area contributed by atoms with E-state index in [-0.39, 0.29) is 11.4 Å². The van der Waals surface area contributed by atoms with E-state index in [0.29, 0.717) is 0 Å². The van der Waals surface area contributed by atoms with E-state index < -0.39 is 27.6 Å². The molecular weight excluding hydrogens is 253 g/mol. The van der Waals surface area contributed by atoms with Gasteiger partial charge in [-0.25, -0.2) is 18.3 Å². The zero-order valence-corrected chi connectivity index (χ0v) is 11.6. The van der Waals surface area contributed by atoms with Crippen LogP contribution in [0.2, 0.25) is 0 Å². The molecule has 4 nitrogen and oxygen atoms in total. The maximum atomic E-state index is 13.6. The third-order valence-electron chi connectivity index (χ3n) is 2.24. The van der Waals surface area contributed by atoms with Gasteiger partial charge in [0.1, 0.15) is 17.6 Å². The van der Waals surface area contributed by atoms with Crippen molar-refractivity contribution >= 4 is 11.0 Å². The van der Waals surface area contributed by atoms with Gasteiger partial charge < -0.3 is 0 Å². The summed E-state index contributed by atoms with van der Waals surface area (Å²) in [6.45, 7) is 7.12. The molecule has 1 aromatic rings. The van der Waals surface area contributed by atoms with Gasteiger partial charge in [-0.3, -0.25) is 0 Å². The summed E-state index contributed by atoms with van der Waals surface area (Å²) in [6, 6.07) is 3.83. The molecule has 1 N–H and O–H groups in total. The van der Waals surface area contributed by atoms with Crippen LogP contribution in [-0.4, -0.2) is 13.9 Å². The number of nitrogens with one attached hydrogen (secondary N) is 1. The lowest BCUT2D eigenvalue weighted by Crippen LogP contribution is -2.35. The van der Waals surface area contributed by atoms with Gasteiger partial charge in [-0.05, 0) is 39.8 Å². The van der Waals surface area contributed by atoms with Gasteiger partial charge >= 0.3 is 0 Å². The Labute approximate surface area is 109 Å². The van der Waals surface area contributed by atoms with Crippen molar-refractivity contribution in [2.24, 2.45) is 0 Å². The molecule has 0 amide bonds. The number of hydrogen-bond acceptors (Lipinski definition) is 3. The molecule has 0 fully saturated rings. The molecule has 0 spiro atoms. The Kier molecular flexibility index (Phi) is 4.54. The van der Waals surface area contributed by atoms with E-state index in [4.69, 9.17) is 5.26 Å². The molecule has 18 heavy (non-hydrogen) atoms. The molecule has 0 aliphatic carbocycles. The Balaban J connectivity index is 2.95. The maximum absolute atomic E-state index is 13.6. The van der Waals surface area contributed by atoms with Crippen molar-refractivity contribution in [2.75, 3.05) is 0 Å². The van der Waals surface area contributed by atoms with Gasteiger partial charge in [0.15, 0.2) is 0 Å². The van der Waals surface area contributed by atoms with E-state index in [0.717, 1.165) is 0 Å². The van der Waals surface area contributed by atoms with Gasteiger partial charge in [0.2, 0.25) is 0 Å². The van der Waals surface area contributed by atoms with Crippen LogP contribution >= 0.6 is 0 Å². The van der Waals surface area contributed by atoms with Crippen molar-refractivity contribution in [1.29, 1.82) is 5.26 Å². The van der Waals surface area contributed by atoms with Crippen molar-refractivity contribution in [3.8, 4) is 6.07 Å². The van der Waals surface area contributed by atoms with Crippen LogP contribution in [-0.2, 0) is 11.0 Å². The van der Waals surface area contributed by atoms with E-state index in [9.17, 15) is 8.60 Å². The second-order valence-corrected chi connectivity index (χ2v) is 6.89. The number of nitrogens with zero attached hydrogens (tertiary/aromatic N) is 2. The molecule has 1 heterocycles. The highest BCUT2D eigenvalue weighted by molar-refractivity contribution is 7.84. The zero-order valence-electron chi connectivity index (χ0n) is 10.8. The second-order valence-electron chi connectivity index (χ2n) is 4.90. The average Bonchev–Trinajstić information content (AvgIpc) is 2.28. The fraction of sp³-hybridized carbons (Fsp3) is 0.500. The molecule has 1 rings (SSSR count). The molecule has 0 aliphatic rings. The molecule has 0 saturated carbocycles. The predicted molar refractivity (Wildman–Crippen MR) is 68.4 cm³/mol. The van der Waals surface area contributed by atoms with Crippen LogP contribution in [0, 0.1) is 17.1 Å². The van der Waals surface area contributed by atoms with Crippen LogP contribution < -0.4 is 4.72 Å². The molecule has 1 unspecified atom stereocenters. The second kappa shape index (κ2) is 5.55. The smallest absolute Gasteiger partial charge is 0.146 e. The van der Waals surface area contributed by atoms with Gasteiger partial charge in [0.05, 0.1) is 27.5 Å². The van der Waals surface area contributed by atoms with Crippen LogP contribution in [0.3, 0.4) is 0 Å². The highest BCUT2D eigenvalue weighted by Crippen LogP contribution is 2.18. The highest BCUT2D eigenvalue weighted by atomic mass is 32.2. The minimum absolute atomic E-state index is 0.103. The van der Waals surface area contributed by atoms with Crippen molar-refractivity contribution in [3.05, 3.63) is 29.3 Å². The molecule has 1 aromatic heterocycles. The quantitative estimate of drug-likeness (QED) is 0.914. The summed E-state index contributed by atoms with van der Waals surface area (Å²) >= 11 is 0. The normalized spacial score (nSPS) is 14.9. The molecule has 2 atom stereocenters. The maximum Gasteiger partial charge on any atom is 0.146 e. The molecule has 0 saturated heterocycles. The van der Waals surface area contributed by atoms with Crippen molar-refractivity contribution in [2.45, 2.75) is 38.5 Å². The van der Waals surface area contributed by atoms with Crippen LogP contribution in [0.1, 0.15) is 45.1 Å². The number of rotatable bonds is 3. The lowest BCUT2D eigenvalue weighted by atomic mass is 10.2. The number of hydrogen-bond donors (Lipinski definition) is 1. The lowest BCUT2D eigenvalue weighted by Gasteiger charge is -2.21. The SMILES string of the molecule is C[C@H](NS(=O)C(C)(C)C)c1nc(C#N)ccc1F. The Morgan fingerprint density at radius 3 is 2.61 bits per heavy atom. The monoisotopic (exact) mass is 269 g/mol.